The average molecular weight is 1100 g/mol. The van der Waals surface area contributed by atoms with E-state index in [2.05, 4.69) is 172 Å². The smallest absolute Gasteiger partial charge is 0.462 e. The lowest BCUT2D eigenvalue weighted by atomic mass is 10.1. The van der Waals surface area contributed by atoms with E-state index >= 15 is 0 Å². The summed E-state index contributed by atoms with van der Waals surface area (Å²) < 4.78 is 34.6. The molecule has 0 aliphatic rings. The summed E-state index contributed by atoms with van der Waals surface area (Å²) in [4.78, 5) is 35.7. The summed E-state index contributed by atoms with van der Waals surface area (Å²) in [6, 6.07) is 0. The van der Waals surface area contributed by atoms with E-state index in [0.717, 1.165) is 148 Å². The Morgan fingerprint density at radius 1 is 0.397 bits per heavy atom. The standard InChI is InChI=1S/C68H110NO8P/c1-6-8-10-12-14-16-18-20-22-24-26-28-30-31-32-33-34-35-36-37-39-41-43-45-47-49-51-53-55-57-59-61-68(71)77-66(65-76-78(72,73)75-63-62-69(3,4)5)64-74-67(70)60-58-56-54-52-50-48-46-44-42-40-38-29-27-25-23-21-19-17-15-13-11-9-7-2/h8-11,14-17,20-23,26-29,31-32,34-35,37,39-40,42-43,45,66H,6-7,12-13,18-19,24-25,30,33,36,38,41,44,46-65H2,1-5H3/p+1/b10-8-,11-9-,16-14-,17-15-,22-20-,23-21-,28-26-,29-27-,32-31-,35-34-,39-37-,42-40-,45-43-. The number of esters is 2. The predicted octanol–water partition coefficient (Wildman–Crippen LogP) is 19.3. The first kappa shape index (κ1) is 73.6. The van der Waals surface area contributed by atoms with Crippen molar-refractivity contribution in [2.45, 2.75) is 213 Å². The quantitative estimate of drug-likeness (QED) is 0.0211. The monoisotopic (exact) mass is 1100 g/mol. The van der Waals surface area contributed by atoms with Crippen LogP contribution in [0.1, 0.15) is 206 Å². The molecule has 0 heterocycles. The molecule has 9 nitrogen and oxygen atoms in total. The molecule has 78 heavy (non-hydrogen) atoms. The fourth-order valence-corrected chi connectivity index (χ4v) is 8.21. The minimum absolute atomic E-state index is 0.0168. The number of unbranched alkanes of at least 4 members (excludes halogenated alkanes) is 13. The van der Waals surface area contributed by atoms with Crippen molar-refractivity contribution in [1.29, 1.82) is 0 Å². The molecule has 0 radical (unpaired) electrons. The molecule has 0 saturated heterocycles. The molecular weight excluding hydrogens is 990 g/mol. The van der Waals surface area contributed by atoms with Gasteiger partial charge in [0.05, 0.1) is 27.7 Å². The molecule has 440 valence electrons. The number of ether oxygens (including phenoxy) is 2. The topological polar surface area (TPSA) is 108 Å². The van der Waals surface area contributed by atoms with Crippen molar-refractivity contribution < 1.29 is 42.1 Å². The van der Waals surface area contributed by atoms with Gasteiger partial charge in [-0.3, -0.25) is 18.6 Å². The molecule has 0 saturated carbocycles. The van der Waals surface area contributed by atoms with E-state index < -0.39 is 26.5 Å². The molecule has 0 rings (SSSR count). The zero-order chi connectivity index (χ0) is 57.0. The zero-order valence-corrected chi connectivity index (χ0v) is 50.7. The summed E-state index contributed by atoms with van der Waals surface area (Å²) in [6.07, 6.45) is 85.9. The molecule has 0 amide bonds. The normalized spacial score (nSPS) is 14.4. The van der Waals surface area contributed by atoms with Crippen molar-refractivity contribution in [3.63, 3.8) is 0 Å². The third-order valence-corrected chi connectivity index (χ3v) is 13.0. The van der Waals surface area contributed by atoms with Crippen LogP contribution in [0.15, 0.2) is 158 Å². The lowest BCUT2D eigenvalue weighted by Crippen LogP contribution is -2.37. The van der Waals surface area contributed by atoms with Crippen LogP contribution in [-0.4, -0.2) is 74.9 Å². The number of phosphoric acid groups is 1. The van der Waals surface area contributed by atoms with Gasteiger partial charge >= 0.3 is 19.8 Å². The number of phosphoric ester groups is 1. The van der Waals surface area contributed by atoms with Crippen LogP contribution in [0.5, 0.6) is 0 Å². The largest absolute Gasteiger partial charge is 0.472 e. The van der Waals surface area contributed by atoms with Crippen molar-refractivity contribution in [3.8, 4) is 0 Å². The van der Waals surface area contributed by atoms with E-state index in [1.807, 2.05) is 21.1 Å². The first-order chi connectivity index (χ1) is 38.0. The summed E-state index contributed by atoms with van der Waals surface area (Å²) >= 11 is 0. The second-order valence-corrected chi connectivity index (χ2v) is 22.1. The fraction of sp³-hybridized carbons (Fsp3) is 0.588. The molecule has 2 atom stereocenters. The molecule has 10 heteroatoms. The van der Waals surface area contributed by atoms with E-state index in [1.54, 1.807) is 0 Å². The first-order valence-corrected chi connectivity index (χ1v) is 31.7. The Labute approximate surface area is 477 Å². The van der Waals surface area contributed by atoms with Crippen LogP contribution >= 0.6 is 7.82 Å². The van der Waals surface area contributed by atoms with Crippen LogP contribution in [0.25, 0.3) is 0 Å². The summed E-state index contributed by atoms with van der Waals surface area (Å²) in [5.41, 5.74) is 0. The van der Waals surface area contributed by atoms with E-state index in [1.165, 1.54) is 19.3 Å². The maximum atomic E-state index is 12.8. The second-order valence-electron chi connectivity index (χ2n) is 20.6. The zero-order valence-electron chi connectivity index (χ0n) is 49.8. The predicted molar refractivity (Wildman–Crippen MR) is 334 cm³/mol. The van der Waals surface area contributed by atoms with Gasteiger partial charge in [-0.15, -0.1) is 0 Å². The minimum atomic E-state index is -4.41. The Morgan fingerprint density at radius 3 is 1.03 bits per heavy atom. The van der Waals surface area contributed by atoms with Crippen LogP contribution in [0.3, 0.4) is 0 Å². The number of rotatable bonds is 53. The molecule has 2 unspecified atom stereocenters. The number of hydrogen-bond donors (Lipinski definition) is 1. The Balaban J connectivity index is 4.27. The number of hydrogen-bond acceptors (Lipinski definition) is 7. The maximum absolute atomic E-state index is 12.8. The molecule has 0 aromatic carbocycles. The lowest BCUT2D eigenvalue weighted by Gasteiger charge is -2.24. The third-order valence-electron chi connectivity index (χ3n) is 12.1. The highest BCUT2D eigenvalue weighted by molar-refractivity contribution is 7.47. The number of carbonyl (C=O) groups is 2. The van der Waals surface area contributed by atoms with Crippen LogP contribution < -0.4 is 0 Å². The molecule has 0 aromatic rings. The van der Waals surface area contributed by atoms with Gasteiger partial charge in [-0.1, -0.05) is 230 Å². The lowest BCUT2D eigenvalue weighted by molar-refractivity contribution is -0.870. The van der Waals surface area contributed by atoms with Gasteiger partial charge in [-0.25, -0.2) is 4.57 Å². The molecule has 0 aliphatic carbocycles. The van der Waals surface area contributed by atoms with E-state index in [-0.39, 0.29) is 32.0 Å². The number of likely N-dealkylation sites (N-methyl/N-ethyl adjacent to an activating group) is 1. The number of nitrogens with zero attached hydrogens (tertiary/aromatic N) is 1. The Bertz CT molecular complexity index is 1870. The van der Waals surface area contributed by atoms with Crippen LogP contribution in [0.2, 0.25) is 0 Å². The Hall–Kier alpha value is -4.37. The van der Waals surface area contributed by atoms with Gasteiger partial charge in [0, 0.05) is 12.8 Å². The van der Waals surface area contributed by atoms with Crippen molar-refractivity contribution in [3.05, 3.63) is 158 Å². The SMILES string of the molecule is CC/C=C\C/C=C\C/C=C\C/C=C\C/C=C\C/C=C\C/C=C\C/C=C\CCCCCCCCC(=O)OC(COC(=O)CCCCCCCCC/C=C\C/C=C\C/C=C\C/C=C\C/C=C\CC)COP(=O)(O)OCC[N+](C)(C)C. The highest BCUT2D eigenvalue weighted by atomic mass is 31.2. The van der Waals surface area contributed by atoms with Crippen molar-refractivity contribution in [1.82, 2.24) is 0 Å². The van der Waals surface area contributed by atoms with Gasteiger partial charge in [-0.05, 0) is 122 Å². The molecule has 0 aliphatic heterocycles. The first-order valence-electron chi connectivity index (χ1n) is 30.2. The molecule has 0 bridgehead atoms. The van der Waals surface area contributed by atoms with Gasteiger partial charge in [0.15, 0.2) is 6.10 Å². The van der Waals surface area contributed by atoms with Crippen molar-refractivity contribution >= 4 is 19.8 Å². The Morgan fingerprint density at radius 2 is 0.692 bits per heavy atom. The maximum Gasteiger partial charge on any atom is 0.472 e. The summed E-state index contributed by atoms with van der Waals surface area (Å²) in [6.45, 7) is 4.15. The molecular formula is C68H111NO8P+. The highest BCUT2D eigenvalue weighted by Gasteiger charge is 2.27. The van der Waals surface area contributed by atoms with Crippen molar-refractivity contribution in [2.75, 3.05) is 47.5 Å². The number of quaternary nitrogens is 1. The van der Waals surface area contributed by atoms with E-state index in [4.69, 9.17) is 18.5 Å². The molecule has 0 spiro atoms. The molecule has 1 N–H and O–H groups in total. The van der Waals surface area contributed by atoms with E-state index in [9.17, 15) is 19.0 Å². The Kier molecular flexibility index (Phi) is 54.1. The van der Waals surface area contributed by atoms with Gasteiger partial charge in [0.1, 0.15) is 19.8 Å². The van der Waals surface area contributed by atoms with Crippen LogP contribution in [0.4, 0.5) is 0 Å². The fourth-order valence-electron chi connectivity index (χ4n) is 7.47. The summed E-state index contributed by atoms with van der Waals surface area (Å²) in [5, 5.41) is 0. The van der Waals surface area contributed by atoms with Crippen LogP contribution in [-0.2, 0) is 32.7 Å². The molecule has 0 aromatic heterocycles. The highest BCUT2D eigenvalue weighted by Crippen LogP contribution is 2.43. The second kappa shape index (κ2) is 57.3. The van der Waals surface area contributed by atoms with E-state index in [0.29, 0.717) is 23.9 Å². The average Bonchev–Trinajstić information content (AvgIpc) is 3.40. The van der Waals surface area contributed by atoms with Gasteiger partial charge in [0.25, 0.3) is 0 Å². The van der Waals surface area contributed by atoms with Crippen LogP contribution in [0, 0.1) is 0 Å². The summed E-state index contributed by atoms with van der Waals surface area (Å²) in [5.74, 6) is -0.840. The minimum Gasteiger partial charge on any atom is -0.462 e. The number of carbonyl (C=O) groups excluding carboxylic acids is 2. The van der Waals surface area contributed by atoms with Gasteiger partial charge in [0.2, 0.25) is 0 Å². The number of allylic oxidation sites excluding steroid dienone is 26. The molecule has 0 fully saturated rings. The van der Waals surface area contributed by atoms with Gasteiger partial charge < -0.3 is 18.9 Å². The third kappa shape index (κ3) is 60.9. The van der Waals surface area contributed by atoms with Crippen molar-refractivity contribution in [2.24, 2.45) is 0 Å². The van der Waals surface area contributed by atoms with Gasteiger partial charge in [-0.2, -0.15) is 0 Å². The summed E-state index contributed by atoms with van der Waals surface area (Å²) in [7, 11) is 1.43.